The van der Waals surface area contributed by atoms with Gasteiger partial charge in [-0.1, -0.05) is 6.07 Å². The molecule has 1 fully saturated rings. The maximum absolute atomic E-state index is 12.2. The zero-order valence-corrected chi connectivity index (χ0v) is 12.0. The van der Waals surface area contributed by atoms with Gasteiger partial charge in [-0.15, -0.1) is 0 Å². The van der Waals surface area contributed by atoms with E-state index in [1.54, 1.807) is 11.9 Å². The van der Waals surface area contributed by atoms with Crippen molar-refractivity contribution in [2.24, 2.45) is 0 Å². The van der Waals surface area contributed by atoms with Crippen LogP contribution in [0.15, 0.2) is 18.2 Å². The lowest BCUT2D eigenvalue weighted by Gasteiger charge is -2.28. The molecule has 0 radical (unpaired) electrons. The Morgan fingerprint density at radius 3 is 2.67 bits per heavy atom. The SMILES string of the molecule is CN(CCN1CCOCC1)C(=O)c1cccc(C(=O)O)n1. The highest BCUT2D eigenvalue weighted by Gasteiger charge is 2.17. The number of hydrogen-bond donors (Lipinski definition) is 1. The summed E-state index contributed by atoms with van der Waals surface area (Å²) < 4.78 is 5.27. The molecule has 1 aliphatic heterocycles. The van der Waals surface area contributed by atoms with E-state index in [9.17, 15) is 9.59 Å². The Balaban J connectivity index is 1.92. The number of carbonyl (C=O) groups is 2. The summed E-state index contributed by atoms with van der Waals surface area (Å²) in [5, 5.41) is 8.90. The molecular weight excluding hydrogens is 274 g/mol. The average molecular weight is 293 g/mol. The highest BCUT2D eigenvalue weighted by Crippen LogP contribution is 2.04. The van der Waals surface area contributed by atoms with Crippen molar-refractivity contribution in [2.45, 2.75) is 0 Å². The number of rotatable bonds is 5. The monoisotopic (exact) mass is 293 g/mol. The number of ether oxygens (including phenoxy) is 1. The van der Waals surface area contributed by atoms with Gasteiger partial charge in [0.25, 0.3) is 5.91 Å². The van der Waals surface area contributed by atoms with E-state index in [2.05, 4.69) is 9.88 Å². The second-order valence-electron chi connectivity index (χ2n) is 4.89. The number of carboxylic acids is 1. The lowest BCUT2D eigenvalue weighted by Crippen LogP contribution is -2.42. The minimum Gasteiger partial charge on any atom is -0.477 e. The molecule has 0 saturated carbocycles. The first kappa shape index (κ1) is 15.4. The molecule has 0 aliphatic carbocycles. The normalized spacial score (nSPS) is 15.7. The average Bonchev–Trinajstić information content (AvgIpc) is 2.53. The third-order valence-corrected chi connectivity index (χ3v) is 3.39. The number of likely N-dealkylation sites (N-methyl/N-ethyl adjacent to an activating group) is 1. The number of hydrogen-bond acceptors (Lipinski definition) is 5. The van der Waals surface area contributed by atoms with E-state index in [1.807, 2.05) is 0 Å². The number of pyridine rings is 1. The number of morpholine rings is 1. The molecule has 1 aromatic rings. The summed E-state index contributed by atoms with van der Waals surface area (Å²) >= 11 is 0. The molecule has 1 aliphatic rings. The molecule has 0 bridgehead atoms. The fourth-order valence-electron chi connectivity index (χ4n) is 2.09. The zero-order valence-electron chi connectivity index (χ0n) is 12.0. The van der Waals surface area contributed by atoms with E-state index in [0.29, 0.717) is 6.54 Å². The molecule has 1 amide bonds. The number of carboxylic acid groups (broad SMARTS) is 1. The highest BCUT2D eigenvalue weighted by atomic mass is 16.5. The molecule has 1 N–H and O–H groups in total. The van der Waals surface area contributed by atoms with Gasteiger partial charge in [0.2, 0.25) is 0 Å². The van der Waals surface area contributed by atoms with E-state index >= 15 is 0 Å². The first-order valence-corrected chi connectivity index (χ1v) is 6.84. The molecule has 0 spiro atoms. The molecule has 7 heteroatoms. The molecule has 0 unspecified atom stereocenters. The van der Waals surface area contributed by atoms with Crippen LogP contribution in [0.4, 0.5) is 0 Å². The lowest BCUT2D eigenvalue weighted by atomic mass is 10.2. The van der Waals surface area contributed by atoms with Crippen LogP contribution in [0, 0.1) is 0 Å². The maximum Gasteiger partial charge on any atom is 0.354 e. The van der Waals surface area contributed by atoms with Crippen LogP contribution in [0.25, 0.3) is 0 Å². The third kappa shape index (κ3) is 4.24. The van der Waals surface area contributed by atoms with Gasteiger partial charge >= 0.3 is 5.97 Å². The number of aromatic nitrogens is 1. The van der Waals surface area contributed by atoms with Gasteiger partial charge in [0.1, 0.15) is 11.4 Å². The quantitative estimate of drug-likeness (QED) is 0.834. The molecule has 2 rings (SSSR count). The Kier molecular flexibility index (Phi) is 5.24. The number of amides is 1. The molecule has 7 nitrogen and oxygen atoms in total. The third-order valence-electron chi connectivity index (χ3n) is 3.39. The molecule has 1 aromatic heterocycles. The fraction of sp³-hybridized carbons (Fsp3) is 0.500. The fourth-order valence-corrected chi connectivity index (χ4v) is 2.09. The van der Waals surface area contributed by atoms with Crippen molar-refractivity contribution in [3.63, 3.8) is 0 Å². The van der Waals surface area contributed by atoms with Gasteiger partial charge in [0, 0.05) is 33.2 Å². The molecule has 0 aromatic carbocycles. The predicted octanol–water partition coefficient (Wildman–Crippen LogP) is 0.184. The van der Waals surface area contributed by atoms with Crippen LogP contribution >= 0.6 is 0 Å². The van der Waals surface area contributed by atoms with Crippen LogP contribution in [-0.2, 0) is 4.74 Å². The van der Waals surface area contributed by atoms with E-state index in [1.165, 1.54) is 18.2 Å². The smallest absolute Gasteiger partial charge is 0.354 e. The summed E-state index contributed by atoms with van der Waals surface area (Å²) in [4.78, 5) is 30.7. The Labute approximate surface area is 123 Å². The highest BCUT2D eigenvalue weighted by molar-refractivity contribution is 5.94. The van der Waals surface area contributed by atoms with Crippen LogP contribution in [0.2, 0.25) is 0 Å². The minimum atomic E-state index is -1.14. The molecule has 114 valence electrons. The van der Waals surface area contributed by atoms with Crippen LogP contribution in [0.5, 0.6) is 0 Å². The summed E-state index contributed by atoms with van der Waals surface area (Å²) in [6.07, 6.45) is 0. The van der Waals surface area contributed by atoms with Crippen molar-refractivity contribution in [1.82, 2.24) is 14.8 Å². The van der Waals surface area contributed by atoms with Crippen LogP contribution < -0.4 is 0 Å². The van der Waals surface area contributed by atoms with E-state index in [4.69, 9.17) is 9.84 Å². The van der Waals surface area contributed by atoms with Crippen LogP contribution in [0.3, 0.4) is 0 Å². The van der Waals surface area contributed by atoms with Crippen molar-refractivity contribution in [2.75, 3.05) is 46.4 Å². The Hall–Kier alpha value is -1.99. The lowest BCUT2D eigenvalue weighted by molar-refractivity contribution is 0.0338. The zero-order chi connectivity index (χ0) is 15.2. The van der Waals surface area contributed by atoms with Gasteiger partial charge < -0.3 is 14.7 Å². The standard InChI is InChI=1S/C14H19N3O4/c1-16(5-6-17-7-9-21-10-8-17)13(18)11-3-2-4-12(15-11)14(19)20/h2-4H,5-10H2,1H3,(H,19,20). The van der Waals surface area contributed by atoms with Crippen LogP contribution in [-0.4, -0.2) is 78.2 Å². The topological polar surface area (TPSA) is 83.0 Å². The second-order valence-corrected chi connectivity index (χ2v) is 4.89. The van der Waals surface area contributed by atoms with Crippen LogP contribution in [0.1, 0.15) is 21.0 Å². The second kappa shape index (κ2) is 7.14. The van der Waals surface area contributed by atoms with Gasteiger partial charge in [-0.2, -0.15) is 0 Å². The summed E-state index contributed by atoms with van der Waals surface area (Å²) in [5.74, 6) is -1.41. The summed E-state index contributed by atoms with van der Waals surface area (Å²) in [6.45, 7) is 4.52. The number of carbonyl (C=O) groups excluding carboxylic acids is 1. The Bertz CT molecular complexity index is 515. The van der Waals surface area contributed by atoms with Gasteiger partial charge in [-0.3, -0.25) is 9.69 Å². The maximum atomic E-state index is 12.2. The Morgan fingerprint density at radius 2 is 2.00 bits per heavy atom. The number of aromatic carboxylic acids is 1. The molecule has 0 atom stereocenters. The largest absolute Gasteiger partial charge is 0.477 e. The first-order chi connectivity index (χ1) is 10.1. The van der Waals surface area contributed by atoms with Gasteiger partial charge in [-0.05, 0) is 12.1 Å². The van der Waals surface area contributed by atoms with Crippen molar-refractivity contribution >= 4 is 11.9 Å². The van der Waals surface area contributed by atoms with Crippen molar-refractivity contribution in [3.05, 3.63) is 29.6 Å². The van der Waals surface area contributed by atoms with E-state index < -0.39 is 5.97 Å². The Morgan fingerprint density at radius 1 is 1.33 bits per heavy atom. The molecule has 1 saturated heterocycles. The minimum absolute atomic E-state index is 0.123. The summed E-state index contributed by atoms with van der Waals surface area (Å²) in [7, 11) is 1.69. The molecule has 21 heavy (non-hydrogen) atoms. The van der Waals surface area contributed by atoms with Crippen molar-refractivity contribution < 1.29 is 19.4 Å². The van der Waals surface area contributed by atoms with Gasteiger partial charge in [0.05, 0.1) is 13.2 Å². The molecular formula is C14H19N3O4. The van der Waals surface area contributed by atoms with Gasteiger partial charge in [0.15, 0.2) is 0 Å². The van der Waals surface area contributed by atoms with E-state index in [0.717, 1.165) is 32.8 Å². The van der Waals surface area contributed by atoms with Crippen molar-refractivity contribution in [1.29, 1.82) is 0 Å². The van der Waals surface area contributed by atoms with Crippen molar-refractivity contribution in [3.8, 4) is 0 Å². The predicted molar refractivity (Wildman–Crippen MR) is 75.4 cm³/mol. The summed E-state index contributed by atoms with van der Waals surface area (Å²) in [5.41, 5.74) is 0.0295. The first-order valence-electron chi connectivity index (χ1n) is 6.84. The number of nitrogens with zero attached hydrogens (tertiary/aromatic N) is 3. The van der Waals surface area contributed by atoms with Gasteiger partial charge in [-0.25, -0.2) is 9.78 Å². The summed E-state index contributed by atoms with van der Waals surface area (Å²) in [6, 6.07) is 4.42. The van der Waals surface area contributed by atoms with E-state index in [-0.39, 0.29) is 17.3 Å². The molecule has 2 heterocycles.